The van der Waals surface area contributed by atoms with Gasteiger partial charge in [0.15, 0.2) is 0 Å². The number of carbonyl (C=O) groups excluding carboxylic acids is 1. The van der Waals surface area contributed by atoms with Crippen molar-refractivity contribution >= 4 is 5.91 Å². The summed E-state index contributed by atoms with van der Waals surface area (Å²) in [6, 6.07) is 5.57. The Kier molecular flexibility index (Phi) is 4.29. The maximum atomic E-state index is 13.2. The number of fused-ring (bicyclic) bond motifs is 1. The number of halogens is 1. The van der Waals surface area contributed by atoms with Crippen LogP contribution in [0.25, 0.3) is 0 Å². The first kappa shape index (κ1) is 16.3. The SMILES string of the molecule is Cn1ncc2c1[C@@H](COCC1CC1)N(C(=O)c1ccc(F)cc1)CC2. The van der Waals surface area contributed by atoms with Crippen LogP contribution in [0.2, 0.25) is 0 Å². The van der Waals surface area contributed by atoms with Crippen molar-refractivity contribution in [2.45, 2.75) is 25.3 Å². The van der Waals surface area contributed by atoms with Gasteiger partial charge in [0.25, 0.3) is 5.91 Å². The van der Waals surface area contributed by atoms with E-state index in [1.54, 1.807) is 12.1 Å². The number of benzene rings is 1. The third-order valence-corrected chi connectivity index (χ3v) is 5.06. The largest absolute Gasteiger partial charge is 0.379 e. The number of aryl methyl sites for hydroxylation is 1. The highest BCUT2D eigenvalue weighted by atomic mass is 19.1. The summed E-state index contributed by atoms with van der Waals surface area (Å²) in [6.45, 7) is 1.84. The van der Waals surface area contributed by atoms with E-state index in [0.717, 1.165) is 18.7 Å². The van der Waals surface area contributed by atoms with E-state index in [9.17, 15) is 9.18 Å². The number of hydrogen-bond acceptors (Lipinski definition) is 3. The Hall–Kier alpha value is -2.21. The van der Waals surface area contributed by atoms with Crippen molar-refractivity contribution < 1.29 is 13.9 Å². The van der Waals surface area contributed by atoms with Crippen molar-refractivity contribution in [1.82, 2.24) is 14.7 Å². The van der Waals surface area contributed by atoms with E-state index in [-0.39, 0.29) is 17.8 Å². The third-order valence-electron chi connectivity index (χ3n) is 5.06. The number of rotatable bonds is 5. The Balaban J connectivity index is 1.58. The molecule has 2 aliphatic rings. The molecule has 0 spiro atoms. The second-order valence-electron chi connectivity index (χ2n) is 6.93. The number of ether oxygens (including phenoxy) is 1. The zero-order valence-corrected chi connectivity index (χ0v) is 14.3. The smallest absolute Gasteiger partial charge is 0.254 e. The van der Waals surface area contributed by atoms with Crippen LogP contribution >= 0.6 is 0 Å². The van der Waals surface area contributed by atoms with Gasteiger partial charge in [-0.3, -0.25) is 9.48 Å². The van der Waals surface area contributed by atoms with Crippen LogP contribution in [-0.4, -0.2) is 40.3 Å². The number of carbonyl (C=O) groups is 1. The van der Waals surface area contributed by atoms with Gasteiger partial charge in [0, 0.05) is 25.8 Å². The van der Waals surface area contributed by atoms with Gasteiger partial charge in [-0.15, -0.1) is 0 Å². The van der Waals surface area contributed by atoms with Gasteiger partial charge < -0.3 is 9.64 Å². The van der Waals surface area contributed by atoms with Gasteiger partial charge >= 0.3 is 0 Å². The lowest BCUT2D eigenvalue weighted by Crippen LogP contribution is -2.42. The molecule has 0 radical (unpaired) electrons. The molecule has 132 valence electrons. The molecule has 5 nitrogen and oxygen atoms in total. The minimum absolute atomic E-state index is 0.0909. The van der Waals surface area contributed by atoms with Crippen LogP contribution in [0.3, 0.4) is 0 Å². The van der Waals surface area contributed by atoms with Crippen LogP contribution in [0.1, 0.15) is 40.5 Å². The summed E-state index contributed by atoms with van der Waals surface area (Å²) in [4.78, 5) is 14.8. The van der Waals surface area contributed by atoms with Gasteiger partial charge in [0.2, 0.25) is 0 Å². The summed E-state index contributed by atoms with van der Waals surface area (Å²) in [7, 11) is 1.90. The first-order valence-corrected chi connectivity index (χ1v) is 8.78. The highest BCUT2D eigenvalue weighted by Gasteiger charge is 2.34. The van der Waals surface area contributed by atoms with E-state index in [0.29, 0.717) is 24.6 Å². The molecule has 0 unspecified atom stereocenters. The predicted octanol–water partition coefficient (Wildman–Crippen LogP) is 2.73. The van der Waals surface area contributed by atoms with Crippen LogP contribution in [0.5, 0.6) is 0 Å². The summed E-state index contributed by atoms with van der Waals surface area (Å²) < 4.78 is 20.9. The van der Waals surface area contributed by atoms with Crippen molar-refractivity contribution in [2.24, 2.45) is 13.0 Å². The molecule has 0 saturated heterocycles. The fourth-order valence-corrected chi connectivity index (χ4v) is 3.46. The summed E-state index contributed by atoms with van der Waals surface area (Å²) in [5.74, 6) is 0.246. The molecular formula is C19H22FN3O2. The normalized spacial score (nSPS) is 19.8. The van der Waals surface area contributed by atoms with Crippen LogP contribution in [0.4, 0.5) is 4.39 Å². The lowest BCUT2D eigenvalue weighted by atomic mass is 9.99. The highest BCUT2D eigenvalue weighted by Crippen LogP contribution is 2.33. The van der Waals surface area contributed by atoms with Gasteiger partial charge in [-0.2, -0.15) is 5.10 Å². The zero-order valence-electron chi connectivity index (χ0n) is 14.3. The first-order valence-electron chi connectivity index (χ1n) is 8.78. The van der Waals surface area contributed by atoms with E-state index in [2.05, 4.69) is 5.10 Å². The predicted molar refractivity (Wildman–Crippen MR) is 90.6 cm³/mol. The molecule has 0 N–H and O–H groups in total. The molecule has 25 heavy (non-hydrogen) atoms. The van der Waals surface area contributed by atoms with Gasteiger partial charge in [0.05, 0.1) is 24.5 Å². The molecule has 1 aromatic heterocycles. The second-order valence-corrected chi connectivity index (χ2v) is 6.93. The third kappa shape index (κ3) is 3.31. The number of hydrogen-bond donors (Lipinski definition) is 0. The maximum absolute atomic E-state index is 13.2. The first-order chi connectivity index (χ1) is 12.1. The van der Waals surface area contributed by atoms with E-state index in [1.165, 1.54) is 30.5 Å². The maximum Gasteiger partial charge on any atom is 0.254 e. The van der Waals surface area contributed by atoms with E-state index in [1.807, 2.05) is 22.8 Å². The molecule has 1 atom stereocenters. The van der Waals surface area contributed by atoms with Crippen LogP contribution in [0.15, 0.2) is 30.5 Å². The minimum atomic E-state index is -0.339. The molecular weight excluding hydrogens is 321 g/mol. The van der Waals surface area contributed by atoms with Gasteiger partial charge in [-0.25, -0.2) is 4.39 Å². The highest BCUT2D eigenvalue weighted by molar-refractivity contribution is 5.94. The second kappa shape index (κ2) is 6.59. The van der Waals surface area contributed by atoms with E-state index < -0.39 is 0 Å². The summed E-state index contributed by atoms with van der Waals surface area (Å²) in [6.07, 6.45) is 5.12. The molecule has 1 amide bonds. The monoisotopic (exact) mass is 343 g/mol. The topological polar surface area (TPSA) is 47.4 Å². The average molecular weight is 343 g/mol. The molecule has 1 aliphatic heterocycles. The molecule has 4 rings (SSSR count). The molecule has 6 heteroatoms. The van der Waals surface area contributed by atoms with Crippen LogP contribution < -0.4 is 0 Å². The van der Waals surface area contributed by atoms with Crippen molar-refractivity contribution in [3.05, 3.63) is 53.1 Å². The Bertz CT molecular complexity index is 767. The van der Waals surface area contributed by atoms with Crippen molar-refractivity contribution in [3.8, 4) is 0 Å². The number of amides is 1. The molecule has 2 heterocycles. The lowest BCUT2D eigenvalue weighted by molar-refractivity contribution is 0.0348. The van der Waals surface area contributed by atoms with Crippen molar-refractivity contribution in [2.75, 3.05) is 19.8 Å². The Morgan fingerprint density at radius 1 is 1.28 bits per heavy atom. The summed E-state index contributed by atoms with van der Waals surface area (Å²) in [5.41, 5.74) is 2.71. The summed E-state index contributed by atoms with van der Waals surface area (Å²) in [5, 5.41) is 4.36. The standard InChI is InChI=1S/C19H22FN3O2/c1-22-18-15(10-21-22)8-9-23(17(18)12-25-11-13-2-3-13)19(24)14-4-6-16(20)7-5-14/h4-7,10,13,17H,2-3,8-9,11-12H2,1H3/t17-/m1/s1. The van der Waals surface area contributed by atoms with Crippen molar-refractivity contribution in [3.63, 3.8) is 0 Å². The fourth-order valence-electron chi connectivity index (χ4n) is 3.46. The fraction of sp³-hybridized carbons (Fsp3) is 0.474. The van der Waals surface area contributed by atoms with Crippen LogP contribution in [0, 0.1) is 11.7 Å². The number of aromatic nitrogens is 2. The molecule has 2 aromatic rings. The van der Waals surface area contributed by atoms with Crippen molar-refractivity contribution in [1.29, 1.82) is 0 Å². The van der Waals surface area contributed by atoms with E-state index >= 15 is 0 Å². The molecule has 1 saturated carbocycles. The lowest BCUT2D eigenvalue weighted by Gasteiger charge is -2.36. The average Bonchev–Trinajstić information content (AvgIpc) is 3.36. The van der Waals surface area contributed by atoms with Crippen LogP contribution in [-0.2, 0) is 18.2 Å². The Labute approximate surface area is 146 Å². The van der Waals surface area contributed by atoms with E-state index in [4.69, 9.17) is 4.74 Å². The van der Waals surface area contributed by atoms with Gasteiger partial charge in [-0.1, -0.05) is 0 Å². The molecule has 1 aliphatic carbocycles. The van der Waals surface area contributed by atoms with Gasteiger partial charge in [-0.05, 0) is 55.0 Å². The quantitative estimate of drug-likeness (QED) is 0.839. The molecule has 1 aromatic carbocycles. The zero-order chi connectivity index (χ0) is 17.4. The molecule has 0 bridgehead atoms. The summed E-state index contributed by atoms with van der Waals surface area (Å²) >= 11 is 0. The Morgan fingerprint density at radius 2 is 2.04 bits per heavy atom. The molecule has 1 fully saturated rings. The minimum Gasteiger partial charge on any atom is -0.379 e. The Morgan fingerprint density at radius 3 is 2.76 bits per heavy atom. The number of nitrogens with zero attached hydrogens (tertiary/aromatic N) is 3. The van der Waals surface area contributed by atoms with Gasteiger partial charge in [0.1, 0.15) is 5.82 Å².